The first-order valence-electron chi connectivity index (χ1n) is 9.37. The molecule has 0 saturated heterocycles. The molecule has 0 radical (unpaired) electrons. The van der Waals surface area contributed by atoms with Gasteiger partial charge in [-0.2, -0.15) is 0 Å². The highest BCUT2D eigenvalue weighted by Crippen LogP contribution is 2.19. The van der Waals surface area contributed by atoms with Crippen molar-refractivity contribution in [2.45, 2.75) is 11.3 Å². The van der Waals surface area contributed by atoms with Gasteiger partial charge in [-0.25, -0.2) is 8.42 Å². The number of sulfonamides is 1. The summed E-state index contributed by atoms with van der Waals surface area (Å²) in [5, 5.41) is 0.562. The molecule has 0 saturated carbocycles. The van der Waals surface area contributed by atoms with Gasteiger partial charge in [0.2, 0.25) is 5.91 Å². The zero-order chi connectivity index (χ0) is 23.1. The average Bonchev–Trinajstić information content (AvgIpc) is 2.79. The fourth-order valence-electron chi connectivity index (χ4n) is 2.69. The monoisotopic (exact) mass is 473 g/mol. The molecule has 10 heteroatoms. The molecule has 0 bridgehead atoms. The maximum atomic E-state index is 12.5. The number of ether oxygens (including phenoxy) is 1. The number of amides is 2. The van der Waals surface area contributed by atoms with Gasteiger partial charge in [0.05, 0.1) is 18.4 Å². The van der Waals surface area contributed by atoms with Crippen molar-refractivity contribution in [3.05, 3.63) is 88.9 Å². The number of hydrazine groups is 1. The third kappa shape index (κ3) is 6.22. The Morgan fingerprint density at radius 2 is 1.50 bits per heavy atom. The van der Waals surface area contributed by atoms with E-state index in [1.54, 1.807) is 48.5 Å². The largest absolute Gasteiger partial charge is 0.497 e. The lowest BCUT2D eigenvalue weighted by Gasteiger charge is -2.10. The number of hydrogen-bond donors (Lipinski definition) is 3. The molecule has 0 aromatic heterocycles. The summed E-state index contributed by atoms with van der Waals surface area (Å²) in [4.78, 5) is 24.2. The minimum Gasteiger partial charge on any atom is -0.497 e. The molecule has 0 heterocycles. The molecule has 3 aromatic rings. The number of hydrogen-bond acceptors (Lipinski definition) is 5. The van der Waals surface area contributed by atoms with Crippen LogP contribution >= 0.6 is 11.6 Å². The normalized spacial score (nSPS) is 10.8. The molecule has 3 N–H and O–H groups in total. The van der Waals surface area contributed by atoms with Gasteiger partial charge in [0, 0.05) is 16.3 Å². The summed E-state index contributed by atoms with van der Waals surface area (Å²) in [6, 6.07) is 18.5. The van der Waals surface area contributed by atoms with Gasteiger partial charge in [-0.1, -0.05) is 23.7 Å². The quantitative estimate of drug-likeness (QED) is 0.456. The summed E-state index contributed by atoms with van der Waals surface area (Å²) < 4.78 is 32.6. The fraction of sp³-hybridized carbons (Fsp3) is 0.0909. The summed E-state index contributed by atoms with van der Waals surface area (Å²) in [7, 11) is -2.32. The van der Waals surface area contributed by atoms with E-state index in [-0.39, 0.29) is 16.9 Å². The van der Waals surface area contributed by atoms with Crippen LogP contribution in [0.1, 0.15) is 15.9 Å². The summed E-state index contributed by atoms with van der Waals surface area (Å²) >= 11 is 5.81. The van der Waals surface area contributed by atoms with E-state index >= 15 is 0 Å². The maximum Gasteiger partial charge on any atom is 0.269 e. The van der Waals surface area contributed by atoms with Gasteiger partial charge in [-0.05, 0) is 66.2 Å². The van der Waals surface area contributed by atoms with E-state index in [2.05, 4.69) is 15.6 Å². The highest BCUT2D eigenvalue weighted by molar-refractivity contribution is 7.92. The first-order chi connectivity index (χ1) is 15.3. The van der Waals surface area contributed by atoms with Crippen LogP contribution in [0.15, 0.2) is 77.7 Å². The minimum absolute atomic E-state index is 0.0170. The Bertz CT molecular complexity index is 1200. The lowest BCUT2D eigenvalue weighted by atomic mass is 10.1. The Morgan fingerprint density at radius 1 is 0.875 bits per heavy atom. The smallest absolute Gasteiger partial charge is 0.269 e. The molecule has 3 rings (SSSR count). The Balaban J connectivity index is 1.57. The van der Waals surface area contributed by atoms with E-state index in [4.69, 9.17) is 16.3 Å². The zero-order valence-electron chi connectivity index (χ0n) is 17.0. The van der Waals surface area contributed by atoms with Gasteiger partial charge in [0.1, 0.15) is 5.75 Å². The molecule has 32 heavy (non-hydrogen) atoms. The van der Waals surface area contributed by atoms with E-state index in [1.807, 2.05) is 0 Å². The molecule has 0 aliphatic rings. The van der Waals surface area contributed by atoms with Crippen molar-refractivity contribution in [2.24, 2.45) is 0 Å². The van der Waals surface area contributed by atoms with Gasteiger partial charge in [0.15, 0.2) is 0 Å². The van der Waals surface area contributed by atoms with E-state index in [0.29, 0.717) is 16.5 Å². The van der Waals surface area contributed by atoms with Crippen molar-refractivity contribution in [1.82, 2.24) is 10.9 Å². The van der Waals surface area contributed by atoms with Crippen LogP contribution in [0, 0.1) is 0 Å². The second kappa shape index (κ2) is 10.2. The van der Waals surface area contributed by atoms with Crippen molar-refractivity contribution >= 4 is 39.1 Å². The van der Waals surface area contributed by atoms with Gasteiger partial charge in [-0.3, -0.25) is 25.2 Å². The fourth-order valence-corrected chi connectivity index (χ4v) is 3.87. The first-order valence-corrected chi connectivity index (χ1v) is 11.2. The second-order valence-electron chi connectivity index (χ2n) is 6.66. The van der Waals surface area contributed by atoms with Crippen molar-refractivity contribution in [3.8, 4) is 5.75 Å². The third-order valence-corrected chi connectivity index (χ3v) is 6.01. The van der Waals surface area contributed by atoms with Crippen LogP contribution in [0.3, 0.4) is 0 Å². The standard InChI is InChI=1S/C22H20ClN3O5S/c1-31-19-10-8-18(9-11-19)26-32(29,30)20-12-4-16(5-13-20)22(28)25-24-21(27)14-15-2-6-17(23)7-3-15/h2-13,26H,14H2,1H3,(H,24,27)(H,25,28). The number of carbonyl (C=O) groups is 2. The lowest BCUT2D eigenvalue weighted by Crippen LogP contribution is -2.42. The first kappa shape index (κ1) is 23.1. The van der Waals surface area contributed by atoms with Crippen LogP contribution in [0.5, 0.6) is 5.75 Å². The Hall–Kier alpha value is -3.56. The van der Waals surface area contributed by atoms with Gasteiger partial charge >= 0.3 is 0 Å². The molecule has 0 aliphatic carbocycles. The van der Waals surface area contributed by atoms with Gasteiger partial charge < -0.3 is 4.74 Å². The predicted molar refractivity (Wildman–Crippen MR) is 121 cm³/mol. The average molecular weight is 474 g/mol. The summed E-state index contributed by atoms with van der Waals surface area (Å²) in [5.74, 6) is -0.395. The molecule has 2 amide bonds. The van der Waals surface area contributed by atoms with E-state index < -0.39 is 21.8 Å². The van der Waals surface area contributed by atoms with Crippen molar-refractivity contribution in [3.63, 3.8) is 0 Å². The molecular formula is C22H20ClN3O5S. The van der Waals surface area contributed by atoms with Gasteiger partial charge in [0.25, 0.3) is 15.9 Å². The Morgan fingerprint density at radius 3 is 2.09 bits per heavy atom. The number of carbonyl (C=O) groups excluding carboxylic acids is 2. The molecule has 3 aromatic carbocycles. The van der Waals surface area contributed by atoms with E-state index in [1.165, 1.54) is 31.4 Å². The number of nitrogens with one attached hydrogen (secondary N) is 3. The number of methoxy groups -OCH3 is 1. The molecule has 0 unspecified atom stereocenters. The van der Waals surface area contributed by atoms with Crippen molar-refractivity contribution in [2.75, 3.05) is 11.8 Å². The van der Waals surface area contributed by atoms with Crippen LogP contribution in [-0.4, -0.2) is 27.3 Å². The van der Waals surface area contributed by atoms with Crippen LogP contribution in [-0.2, 0) is 21.2 Å². The highest BCUT2D eigenvalue weighted by atomic mass is 35.5. The number of rotatable bonds is 7. The highest BCUT2D eigenvalue weighted by Gasteiger charge is 2.16. The summed E-state index contributed by atoms with van der Waals surface area (Å²) in [5.41, 5.74) is 5.90. The number of halogens is 1. The molecule has 0 aliphatic heterocycles. The summed E-state index contributed by atoms with van der Waals surface area (Å²) in [6.07, 6.45) is 0.0612. The van der Waals surface area contributed by atoms with Gasteiger partial charge in [-0.15, -0.1) is 0 Å². The van der Waals surface area contributed by atoms with E-state index in [9.17, 15) is 18.0 Å². The molecule has 8 nitrogen and oxygen atoms in total. The molecule has 166 valence electrons. The minimum atomic E-state index is -3.84. The maximum absolute atomic E-state index is 12.5. The van der Waals surface area contributed by atoms with Crippen molar-refractivity contribution < 1.29 is 22.7 Å². The zero-order valence-corrected chi connectivity index (χ0v) is 18.5. The van der Waals surface area contributed by atoms with Crippen LogP contribution in [0.2, 0.25) is 5.02 Å². The summed E-state index contributed by atoms with van der Waals surface area (Å²) in [6.45, 7) is 0. The lowest BCUT2D eigenvalue weighted by molar-refractivity contribution is -0.121. The number of anilines is 1. The molecule has 0 atom stereocenters. The molecule has 0 fully saturated rings. The third-order valence-electron chi connectivity index (χ3n) is 4.36. The molecule has 0 spiro atoms. The van der Waals surface area contributed by atoms with Crippen molar-refractivity contribution in [1.29, 1.82) is 0 Å². The Kier molecular flexibility index (Phi) is 7.34. The predicted octanol–water partition coefficient (Wildman–Crippen LogP) is 3.15. The number of benzene rings is 3. The Labute approximate surface area is 190 Å². The molecular weight excluding hydrogens is 454 g/mol. The SMILES string of the molecule is COc1ccc(NS(=O)(=O)c2ccc(C(=O)NNC(=O)Cc3ccc(Cl)cc3)cc2)cc1. The topological polar surface area (TPSA) is 114 Å². The van der Waals surface area contributed by atoms with Crippen LogP contribution < -0.4 is 20.3 Å². The van der Waals surface area contributed by atoms with E-state index in [0.717, 1.165) is 5.56 Å². The van der Waals surface area contributed by atoms with Crippen LogP contribution in [0.25, 0.3) is 0 Å². The second-order valence-corrected chi connectivity index (χ2v) is 8.78. The van der Waals surface area contributed by atoms with Crippen LogP contribution in [0.4, 0.5) is 5.69 Å².